The molecule has 4 nitrogen and oxygen atoms in total. The quantitative estimate of drug-likeness (QED) is 0.329. The maximum absolute atomic E-state index is 13.1. The first kappa shape index (κ1) is 21.7. The van der Waals surface area contributed by atoms with E-state index in [-0.39, 0.29) is 11.7 Å². The number of ether oxygens (including phenoxy) is 1. The molecule has 0 N–H and O–H groups in total. The number of nitrogens with zero attached hydrogens (tertiary/aromatic N) is 2. The van der Waals surface area contributed by atoms with Crippen LogP contribution in [0.4, 0.5) is 4.39 Å². The molecule has 1 amide bonds. The fraction of sp³-hybridized carbons (Fsp3) is 0.154. The van der Waals surface area contributed by atoms with E-state index in [1.54, 1.807) is 24.5 Å². The molecule has 0 aliphatic heterocycles. The van der Waals surface area contributed by atoms with Crippen molar-refractivity contribution >= 4 is 17.2 Å². The van der Waals surface area contributed by atoms with Gasteiger partial charge in [-0.05, 0) is 64.5 Å². The topological polar surface area (TPSA) is 42.4 Å². The van der Waals surface area contributed by atoms with Crippen molar-refractivity contribution in [2.75, 3.05) is 6.61 Å². The van der Waals surface area contributed by atoms with Crippen LogP contribution in [0, 0.1) is 5.82 Å². The van der Waals surface area contributed by atoms with E-state index in [1.807, 2.05) is 58.8 Å². The maximum atomic E-state index is 13.1. The summed E-state index contributed by atoms with van der Waals surface area (Å²) in [7, 11) is 0. The SMILES string of the molecule is O=C(c1cccs1)N(Cc1ccncc1)Cc1cccc(OCCc2ccc(F)cc2)c1. The lowest BCUT2D eigenvalue weighted by molar-refractivity contribution is 0.0734. The lowest BCUT2D eigenvalue weighted by Crippen LogP contribution is -2.29. The highest BCUT2D eigenvalue weighted by atomic mass is 32.1. The van der Waals surface area contributed by atoms with Crippen molar-refractivity contribution < 1.29 is 13.9 Å². The number of rotatable bonds is 9. The summed E-state index contributed by atoms with van der Waals surface area (Å²) in [6.07, 6.45) is 4.16. The number of thiophene rings is 1. The van der Waals surface area contributed by atoms with Gasteiger partial charge in [-0.2, -0.15) is 0 Å². The minimum absolute atomic E-state index is 0.000515. The van der Waals surface area contributed by atoms with Crippen molar-refractivity contribution in [3.8, 4) is 5.75 Å². The smallest absolute Gasteiger partial charge is 0.264 e. The van der Waals surface area contributed by atoms with Gasteiger partial charge in [-0.3, -0.25) is 9.78 Å². The number of hydrogen-bond donors (Lipinski definition) is 0. The number of benzene rings is 2. The van der Waals surface area contributed by atoms with Gasteiger partial charge in [-0.1, -0.05) is 30.3 Å². The van der Waals surface area contributed by atoms with E-state index in [1.165, 1.54) is 23.5 Å². The molecule has 0 spiro atoms. The molecule has 0 fully saturated rings. The van der Waals surface area contributed by atoms with E-state index in [4.69, 9.17) is 4.74 Å². The van der Waals surface area contributed by atoms with Gasteiger partial charge in [0.15, 0.2) is 0 Å². The molecule has 2 aromatic carbocycles. The van der Waals surface area contributed by atoms with Gasteiger partial charge in [-0.15, -0.1) is 11.3 Å². The number of pyridine rings is 1. The first-order valence-electron chi connectivity index (χ1n) is 10.4. The Bertz CT molecular complexity index is 1130. The molecule has 162 valence electrons. The van der Waals surface area contributed by atoms with Gasteiger partial charge in [-0.25, -0.2) is 4.39 Å². The second-order valence-electron chi connectivity index (χ2n) is 7.37. The lowest BCUT2D eigenvalue weighted by Gasteiger charge is -2.23. The Hall–Kier alpha value is -3.51. The van der Waals surface area contributed by atoms with Crippen LogP contribution in [0.3, 0.4) is 0 Å². The van der Waals surface area contributed by atoms with Crippen LogP contribution in [-0.2, 0) is 19.5 Å². The third kappa shape index (κ3) is 6.02. The average Bonchev–Trinajstić information content (AvgIpc) is 3.36. The van der Waals surface area contributed by atoms with E-state index >= 15 is 0 Å². The van der Waals surface area contributed by atoms with Crippen LogP contribution in [0.5, 0.6) is 5.75 Å². The van der Waals surface area contributed by atoms with Crippen LogP contribution in [0.25, 0.3) is 0 Å². The van der Waals surface area contributed by atoms with E-state index in [9.17, 15) is 9.18 Å². The Morgan fingerprint density at radius 3 is 2.44 bits per heavy atom. The molecule has 0 saturated heterocycles. The highest BCUT2D eigenvalue weighted by Gasteiger charge is 2.18. The third-order valence-corrected chi connectivity index (χ3v) is 5.84. The summed E-state index contributed by atoms with van der Waals surface area (Å²) in [6.45, 7) is 1.45. The molecule has 4 aromatic rings. The van der Waals surface area contributed by atoms with Gasteiger partial charge >= 0.3 is 0 Å². The number of halogens is 1. The van der Waals surface area contributed by atoms with Crippen LogP contribution < -0.4 is 4.74 Å². The van der Waals surface area contributed by atoms with Gasteiger partial charge in [0.25, 0.3) is 5.91 Å². The summed E-state index contributed by atoms with van der Waals surface area (Å²) >= 11 is 1.44. The Morgan fingerprint density at radius 2 is 1.69 bits per heavy atom. The van der Waals surface area contributed by atoms with E-state index in [0.717, 1.165) is 22.4 Å². The highest BCUT2D eigenvalue weighted by molar-refractivity contribution is 7.12. The van der Waals surface area contributed by atoms with Crippen molar-refractivity contribution in [2.45, 2.75) is 19.5 Å². The molecule has 2 aromatic heterocycles. The molecule has 0 radical (unpaired) electrons. The Morgan fingerprint density at radius 1 is 0.906 bits per heavy atom. The van der Waals surface area contributed by atoms with Crippen LogP contribution in [0.2, 0.25) is 0 Å². The van der Waals surface area contributed by atoms with Gasteiger partial charge < -0.3 is 9.64 Å². The van der Waals surface area contributed by atoms with Gasteiger partial charge in [0.1, 0.15) is 11.6 Å². The van der Waals surface area contributed by atoms with Crippen LogP contribution in [-0.4, -0.2) is 22.4 Å². The number of aromatic nitrogens is 1. The van der Waals surface area contributed by atoms with E-state index < -0.39 is 0 Å². The zero-order valence-electron chi connectivity index (χ0n) is 17.5. The third-order valence-electron chi connectivity index (χ3n) is 4.99. The summed E-state index contributed by atoms with van der Waals surface area (Å²) in [4.78, 5) is 19.7. The van der Waals surface area contributed by atoms with Crippen molar-refractivity contribution in [3.63, 3.8) is 0 Å². The standard InChI is InChI=1S/C26H23FN2O2S/c27-23-8-6-20(7-9-23)12-15-31-24-4-1-3-22(17-24)19-29(18-21-10-13-28-14-11-21)26(30)25-5-2-16-32-25/h1-11,13-14,16-17H,12,15,18-19H2. The summed E-state index contributed by atoms with van der Waals surface area (Å²) in [5.41, 5.74) is 3.03. The molecular formula is C26H23FN2O2S. The Balaban J connectivity index is 1.43. The molecule has 0 aliphatic carbocycles. The summed E-state index contributed by atoms with van der Waals surface area (Å²) in [6, 6.07) is 21.8. The first-order valence-corrected chi connectivity index (χ1v) is 11.2. The van der Waals surface area contributed by atoms with Crippen LogP contribution in [0.15, 0.2) is 90.6 Å². The molecular weight excluding hydrogens is 423 g/mol. The van der Waals surface area contributed by atoms with E-state index in [0.29, 0.717) is 31.0 Å². The zero-order chi connectivity index (χ0) is 22.2. The largest absolute Gasteiger partial charge is 0.493 e. The molecule has 2 heterocycles. The van der Waals surface area contributed by atoms with Crippen molar-refractivity contribution in [2.24, 2.45) is 0 Å². The number of amides is 1. The van der Waals surface area contributed by atoms with Crippen LogP contribution in [0.1, 0.15) is 26.4 Å². The molecule has 0 bridgehead atoms. The van der Waals surface area contributed by atoms with Gasteiger partial charge in [0.05, 0.1) is 11.5 Å². The Kier molecular flexibility index (Phi) is 7.25. The zero-order valence-corrected chi connectivity index (χ0v) is 18.3. The fourth-order valence-electron chi connectivity index (χ4n) is 3.36. The molecule has 4 rings (SSSR count). The molecule has 0 saturated carbocycles. The number of carbonyl (C=O) groups is 1. The molecule has 32 heavy (non-hydrogen) atoms. The highest BCUT2D eigenvalue weighted by Crippen LogP contribution is 2.20. The first-order chi connectivity index (χ1) is 15.7. The fourth-order valence-corrected chi connectivity index (χ4v) is 4.05. The lowest BCUT2D eigenvalue weighted by atomic mass is 10.1. The normalized spacial score (nSPS) is 10.7. The summed E-state index contributed by atoms with van der Waals surface area (Å²) in [5.74, 6) is 0.507. The molecule has 0 atom stereocenters. The van der Waals surface area contributed by atoms with Crippen LogP contribution >= 0.6 is 11.3 Å². The predicted octanol–water partition coefficient (Wildman–Crippen LogP) is 5.75. The van der Waals surface area contributed by atoms with Crippen molar-refractivity contribution in [1.82, 2.24) is 9.88 Å². The number of hydrogen-bond acceptors (Lipinski definition) is 4. The van der Waals surface area contributed by atoms with Crippen molar-refractivity contribution in [1.29, 1.82) is 0 Å². The van der Waals surface area contributed by atoms with Gasteiger partial charge in [0, 0.05) is 31.9 Å². The monoisotopic (exact) mass is 446 g/mol. The average molecular weight is 447 g/mol. The minimum atomic E-state index is -0.240. The second kappa shape index (κ2) is 10.7. The maximum Gasteiger partial charge on any atom is 0.264 e. The predicted molar refractivity (Wildman–Crippen MR) is 124 cm³/mol. The number of carbonyl (C=O) groups excluding carboxylic acids is 1. The molecule has 0 aliphatic rings. The summed E-state index contributed by atoms with van der Waals surface area (Å²) in [5, 5.41) is 1.91. The summed E-state index contributed by atoms with van der Waals surface area (Å²) < 4.78 is 19.0. The van der Waals surface area contributed by atoms with Gasteiger partial charge in [0.2, 0.25) is 0 Å². The molecule has 6 heteroatoms. The second-order valence-corrected chi connectivity index (χ2v) is 8.31. The minimum Gasteiger partial charge on any atom is -0.493 e. The van der Waals surface area contributed by atoms with Crippen molar-refractivity contribution in [3.05, 3.63) is 118 Å². The Labute approximate surface area is 190 Å². The van der Waals surface area contributed by atoms with E-state index in [2.05, 4.69) is 4.98 Å². The molecule has 0 unspecified atom stereocenters.